The molecule has 1 aromatic rings. The predicted molar refractivity (Wildman–Crippen MR) is 80.0 cm³/mol. The molecule has 0 spiro atoms. The summed E-state index contributed by atoms with van der Waals surface area (Å²) in [5.41, 5.74) is 1.28. The monoisotopic (exact) mass is 290 g/mol. The molecule has 2 N–H and O–H groups in total. The van der Waals surface area contributed by atoms with Gasteiger partial charge in [0.05, 0.1) is 6.54 Å². The molecule has 0 aromatic heterocycles. The van der Waals surface area contributed by atoms with Gasteiger partial charge in [0.2, 0.25) is 5.91 Å². The van der Waals surface area contributed by atoms with E-state index in [1.807, 2.05) is 18.2 Å². The number of carbonyl (C=O) groups is 2. The van der Waals surface area contributed by atoms with E-state index in [0.29, 0.717) is 6.04 Å². The first-order chi connectivity index (χ1) is 10.1. The summed E-state index contributed by atoms with van der Waals surface area (Å²) in [6, 6.07) is 10.6. The van der Waals surface area contributed by atoms with E-state index in [-0.39, 0.29) is 19.0 Å². The number of nitrogens with one attached hydrogen (secondary N) is 1. The van der Waals surface area contributed by atoms with Crippen LogP contribution >= 0.6 is 0 Å². The number of carboxylic acid groups (broad SMARTS) is 1. The summed E-state index contributed by atoms with van der Waals surface area (Å²) in [5.74, 6) is -1.22. The van der Waals surface area contributed by atoms with Crippen molar-refractivity contribution in [3.63, 3.8) is 0 Å². The molecule has 21 heavy (non-hydrogen) atoms. The van der Waals surface area contributed by atoms with Crippen LogP contribution in [0.5, 0.6) is 0 Å². The number of aliphatic carboxylic acids is 1. The Bertz CT molecular complexity index is 476. The van der Waals surface area contributed by atoms with Crippen molar-refractivity contribution in [1.82, 2.24) is 10.2 Å². The highest BCUT2D eigenvalue weighted by Crippen LogP contribution is 2.20. The van der Waals surface area contributed by atoms with Gasteiger partial charge in [-0.15, -0.1) is 0 Å². The lowest BCUT2D eigenvalue weighted by atomic mass is 9.95. The summed E-state index contributed by atoms with van der Waals surface area (Å²) in [6.45, 7) is 0.874. The third-order valence-corrected chi connectivity index (χ3v) is 3.85. The zero-order chi connectivity index (χ0) is 15.1. The van der Waals surface area contributed by atoms with Gasteiger partial charge in [-0.3, -0.25) is 14.5 Å². The van der Waals surface area contributed by atoms with Crippen molar-refractivity contribution in [2.75, 3.05) is 19.6 Å². The topological polar surface area (TPSA) is 69.6 Å². The van der Waals surface area contributed by atoms with Crippen LogP contribution in [0.2, 0.25) is 0 Å². The van der Waals surface area contributed by atoms with Crippen molar-refractivity contribution >= 4 is 11.9 Å². The van der Waals surface area contributed by atoms with Gasteiger partial charge >= 0.3 is 5.97 Å². The third-order valence-electron chi connectivity index (χ3n) is 3.85. The molecule has 1 heterocycles. The number of carboxylic acids is 1. The molecule has 1 aromatic carbocycles. The molecule has 114 valence electrons. The van der Waals surface area contributed by atoms with Crippen molar-refractivity contribution in [2.45, 2.75) is 31.7 Å². The molecule has 1 amide bonds. The second-order valence-electron chi connectivity index (χ2n) is 5.48. The van der Waals surface area contributed by atoms with Crippen LogP contribution in [0.1, 0.15) is 24.8 Å². The second-order valence-corrected chi connectivity index (χ2v) is 5.48. The fraction of sp³-hybridized carbons (Fsp3) is 0.500. The molecular weight excluding hydrogens is 268 g/mol. The molecule has 0 bridgehead atoms. The molecule has 5 nitrogen and oxygen atoms in total. The lowest BCUT2D eigenvalue weighted by Crippen LogP contribution is -2.47. The summed E-state index contributed by atoms with van der Waals surface area (Å²) in [5, 5.41) is 11.0. The Kier molecular flexibility index (Phi) is 5.75. The number of amides is 1. The summed E-state index contributed by atoms with van der Waals surface area (Å²) in [7, 11) is 0. The van der Waals surface area contributed by atoms with E-state index in [4.69, 9.17) is 5.11 Å². The van der Waals surface area contributed by atoms with Crippen LogP contribution in [0.4, 0.5) is 0 Å². The lowest BCUT2D eigenvalue weighted by molar-refractivity contribution is -0.138. The van der Waals surface area contributed by atoms with Gasteiger partial charge in [-0.05, 0) is 31.4 Å². The number of hydrogen-bond donors (Lipinski definition) is 2. The van der Waals surface area contributed by atoms with Gasteiger partial charge < -0.3 is 10.4 Å². The minimum absolute atomic E-state index is 0.211. The van der Waals surface area contributed by atoms with Crippen LogP contribution < -0.4 is 5.32 Å². The van der Waals surface area contributed by atoms with Crippen LogP contribution in [0.3, 0.4) is 0 Å². The van der Waals surface area contributed by atoms with E-state index < -0.39 is 5.97 Å². The molecule has 0 saturated carbocycles. The van der Waals surface area contributed by atoms with E-state index in [1.54, 1.807) is 0 Å². The van der Waals surface area contributed by atoms with Gasteiger partial charge in [-0.25, -0.2) is 0 Å². The summed E-state index contributed by atoms with van der Waals surface area (Å²) >= 11 is 0. The molecule has 1 fully saturated rings. The Morgan fingerprint density at radius 1 is 1.24 bits per heavy atom. The zero-order valence-corrected chi connectivity index (χ0v) is 12.1. The van der Waals surface area contributed by atoms with Gasteiger partial charge in [-0.2, -0.15) is 0 Å². The molecular formula is C16H22N2O3. The summed E-state index contributed by atoms with van der Waals surface area (Å²) < 4.78 is 0. The van der Waals surface area contributed by atoms with Gasteiger partial charge in [0, 0.05) is 6.04 Å². The SMILES string of the molecule is O=C(O)CNC(=O)CN1CCCCC1Cc1ccccc1. The maximum Gasteiger partial charge on any atom is 0.322 e. The Hall–Kier alpha value is -1.88. The van der Waals surface area contributed by atoms with Crippen LogP contribution in [-0.4, -0.2) is 47.6 Å². The standard InChI is InChI=1S/C16H22N2O3/c19-15(17-11-16(20)21)12-18-9-5-4-8-14(18)10-13-6-2-1-3-7-13/h1-3,6-7,14H,4-5,8-12H2,(H,17,19)(H,20,21). The molecule has 1 aliphatic heterocycles. The van der Waals surface area contributed by atoms with E-state index in [0.717, 1.165) is 25.8 Å². The smallest absolute Gasteiger partial charge is 0.322 e. The summed E-state index contributed by atoms with van der Waals surface area (Å²) in [6.07, 6.45) is 4.30. The van der Waals surface area contributed by atoms with E-state index in [1.165, 1.54) is 12.0 Å². The van der Waals surface area contributed by atoms with Gasteiger partial charge in [0.25, 0.3) is 0 Å². The van der Waals surface area contributed by atoms with Crippen molar-refractivity contribution in [3.05, 3.63) is 35.9 Å². The predicted octanol–water partition coefficient (Wildman–Crippen LogP) is 1.28. The minimum Gasteiger partial charge on any atom is -0.480 e. The largest absolute Gasteiger partial charge is 0.480 e. The van der Waals surface area contributed by atoms with Crippen LogP contribution in [0.25, 0.3) is 0 Å². The van der Waals surface area contributed by atoms with Crippen molar-refractivity contribution in [3.8, 4) is 0 Å². The second kappa shape index (κ2) is 7.78. The van der Waals surface area contributed by atoms with Gasteiger partial charge in [-0.1, -0.05) is 36.8 Å². The number of carbonyl (C=O) groups excluding carboxylic acids is 1. The number of likely N-dealkylation sites (tertiary alicyclic amines) is 1. The van der Waals surface area contributed by atoms with E-state index in [9.17, 15) is 9.59 Å². The van der Waals surface area contributed by atoms with Crippen molar-refractivity contribution in [2.24, 2.45) is 0 Å². The average molecular weight is 290 g/mol. The maximum atomic E-state index is 11.8. The molecule has 2 rings (SSSR count). The van der Waals surface area contributed by atoms with Gasteiger partial charge in [0.15, 0.2) is 0 Å². The first-order valence-corrected chi connectivity index (χ1v) is 7.41. The molecule has 0 aliphatic carbocycles. The Balaban J connectivity index is 1.89. The maximum absolute atomic E-state index is 11.8. The fourth-order valence-electron chi connectivity index (χ4n) is 2.80. The zero-order valence-electron chi connectivity index (χ0n) is 12.1. The molecule has 1 unspecified atom stereocenters. The van der Waals surface area contributed by atoms with Gasteiger partial charge in [0.1, 0.15) is 6.54 Å². The Morgan fingerprint density at radius 3 is 2.71 bits per heavy atom. The number of benzene rings is 1. The van der Waals surface area contributed by atoms with Crippen LogP contribution in [0, 0.1) is 0 Å². The Labute approximate surface area is 125 Å². The van der Waals surface area contributed by atoms with Crippen molar-refractivity contribution < 1.29 is 14.7 Å². The third kappa shape index (κ3) is 5.19. The first-order valence-electron chi connectivity index (χ1n) is 7.41. The molecule has 0 radical (unpaired) electrons. The molecule has 1 aliphatic rings. The molecule has 5 heteroatoms. The highest BCUT2D eigenvalue weighted by Gasteiger charge is 2.24. The highest BCUT2D eigenvalue weighted by atomic mass is 16.4. The minimum atomic E-state index is -1.01. The summed E-state index contributed by atoms with van der Waals surface area (Å²) in [4.78, 5) is 24.4. The van der Waals surface area contributed by atoms with Crippen molar-refractivity contribution in [1.29, 1.82) is 0 Å². The number of rotatable bonds is 6. The van der Waals surface area contributed by atoms with Crippen LogP contribution in [0.15, 0.2) is 30.3 Å². The molecule has 1 atom stereocenters. The average Bonchev–Trinajstić information content (AvgIpc) is 2.48. The van der Waals surface area contributed by atoms with E-state index >= 15 is 0 Å². The number of piperidine rings is 1. The fourth-order valence-corrected chi connectivity index (χ4v) is 2.80. The first kappa shape index (κ1) is 15.5. The molecule has 1 saturated heterocycles. The van der Waals surface area contributed by atoms with Crippen LogP contribution in [-0.2, 0) is 16.0 Å². The number of hydrogen-bond acceptors (Lipinski definition) is 3. The quantitative estimate of drug-likeness (QED) is 0.828. The normalized spacial score (nSPS) is 19.1. The van der Waals surface area contributed by atoms with E-state index in [2.05, 4.69) is 22.3 Å². The lowest BCUT2D eigenvalue weighted by Gasteiger charge is -2.35. The highest BCUT2D eigenvalue weighted by molar-refractivity contribution is 5.82. The number of nitrogens with zero attached hydrogens (tertiary/aromatic N) is 1. The Morgan fingerprint density at radius 2 is 2.00 bits per heavy atom.